The number of carbonyl (C=O) groups is 4. The first-order chi connectivity index (χ1) is 37.2. The number of anilines is 1. The Morgan fingerprint density at radius 3 is 2.11 bits per heavy atom. The van der Waals surface area contributed by atoms with Gasteiger partial charge in [0.15, 0.2) is 5.75 Å². The molecule has 0 saturated heterocycles. The molecule has 0 bridgehead atoms. The van der Waals surface area contributed by atoms with Crippen molar-refractivity contribution in [3.05, 3.63) is 101 Å². The molecule has 2 aromatic heterocycles. The molecule has 80 heavy (non-hydrogen) atoms. The fourth-order valence-electron chi connectivity index (χ4n) is 5.82. The standard InChI is InChI=1S/C15H15ClFN3O3S2.C15H16F3N5O4S.C8H6Cl2O3.C3H8NO5P.C3H9S/c1-23-13(21)8-24-12-7-11(10(17)6-9(12)16)18-14-19-4-2-3-5-20(19)15(22)25-14;1-9-19-12(22-14(20-9)27-2)21-13(24)23-28(25,26)11-6-4-3-5-10(11)7-8-15(16,17)18;1-13-7-5(10)3-2-4(9)6(7)8(11)12;5-3(6)1-4-2-10(7,8)9;1-4(2)3/h6-7H,2-5,8H2,1H3;3-6H,7-8H2,1-2H3,(H2,19,20,21,22,23,24);2-3H,1H3,(H,11,12);4H,1-2H2,(H,5,6)(H2,7,8,9);1-3H3/q;;;;+1/p-1. The predicted molar refractivity (Wildman–Crippen MR) is 292 cm³/mol. The van der Waals surface area contributed by atoms with Crippen LogP contribution >= 0.6 is 65.5 Å². The zero-order chi connectivity index (χ0) is 60.7. The van der Waals surface area contributed by atoms with Gasteiger partial charge in [0.05, 0.1) is 78.6 Å². The Hall–Kier alpha value is -5.54. The quantitative estimate of drug-likeness (QED) is 0.0206. The number of alkyl halides is 3. The minimum atomic E-state index is -4.45. The molecule has 1 atom stereocenters. The first-order valence-corrected chi connectivity index (χ1v) is 30.8. The van der Waals surface area contributed by atoms with Crippen LogP contribution in [-0.4, -0.2) is 137 Å². The van der Waals surface area contributed by atoms with E-state index in [9.17, 15) is 59.4 Å². The number of benzene rings is 3. The number of methoxy groups -OCH3 is 3. The van der Waals surface area contributed by atoms with E-state index in [0.717, 1.165) is 48.1 Å². The molecule has 1 aliphatic rings. The first-order valence-electron chi connectivity index (χ1n) is 22.2. The fourth-order valence-corrected chi connectivity index (χ4v) is 9.85. The average Bonchev–Trinajstić information content (AvgIpc) is 3.67. The van der Waals surface area contributed by atoms with E-state index in [-0.39, 0.29) is 66.0 Å². The molecule has 5 aromatic rings. The summed E-state index contributed by atoms with van der Waals surface area (Å²) in [6.45, 7) is 2.35. The lowest BCUT2D eigenvalue weighted by Gasteiger charge is -2.15. The summed E-state index contributed by atoms with van der Waals surface area (Å²) in [6.07, 6.45) is 1.57. The van der Waals surface area contributed by atoms with Crippen LogP contribution in [0.15, 0.2) is 68.1 Å². The highest BCUT2D eigenvalue weighted by Crippen LogP contribution is 2.35. The number of ether oxygens (including phenoxy) is 3. The average molecular weight is 1290 g/mol. The van der Waals surface area contributed by atoms with E-state index < -0.39 is 84.1 Å². The number of nitrogens with zero attached hydrogens (tertiary/aromatic N) is 6. The third-order valence-corrected chi connectivity index (χ3v) is 14.0. The molecule has 0 aliphatic carbocycles. The number of aryl methyl sites for hydroxylation is 2. The van der Waals surface area contributed by atoms with Gasteiger partial charge in [-0.2, -0.15) is 28.1 Å². The zero-order valence-corrected chi connectivity index (χ0v) is 49.6. The minimum Gasteiger partial charge on any atom is -0.778 e. The Morgan fingerprint density at radius 1 is 0.950 bits per heavy atom. The summed E-state index contributed by atoms with van der Waals surface area (Å²) < 4.78 is 106. The maximum atomic E-state index is 14.3. The van der Waals surface area contributed by atoms with Gasteiger partial charge in [-0.3, -0.25) is 29.7 Å². The van der Waals surface area contributed by atoms with E-state index in [4.69, 9.17) is 59.4 Å². The van der Waals surface area contributed by atoms with Gasteiger partial charge in [0.25, 0.3) is 10.0 Å². The van der Waals surface area contributed by atoms with Gasteiger partial charge in [0.1, 0.15) is 30.5 Å². The van der Waals surface area contributed by atoms with Crippen LogP contribution in [0.25, 0.3) is 0 Å². The number of hydrogen-bond donors (Lipinski definition) is 6. The van der Waals surface area contributed by atoms with E-state index in [2.05, 4.69) is 48.8 Å². The van der Waals surface area contributed by atoms with Gasteiger partial charge >= 0.3 is 41.0 Å². The number of rotatable bonds is 16. The number of sulfonamides is 1. The Morgan fingerprint density at radius 2 is 1.56 bits per heavy atom. The Balaban J connectivity index is 0.000000381. The molecule has 36 heteroatoms. The van der Waals surface area contributed by atoms with Gasteiger partial charge < -0.3 is 38.8 Å². The number of aromatic carboxylic acids is 1. The summed E-state index contributed by atoms with van der Waals surface area (Å²) >= 11 is 19.5. The molecule has 1 aliphatic heterocycles. The Labute approximate surface area is 480 Å². The van der Waals surface area contributed by atoms with E-state index >= 15 is 0 Å². The van der Waals surface area contributed by atoms with Crippen LogP contribution in [0.3, 0.4) is 0 Å². The first kappa shape index (κ1) is 70.6. The number of fused-ring (bicyclic) bond motifs is 1. The molecule has 0 radical (unpaired) electrons. The third kappa shape index (κ3) is 25.5. The fraction of sp³-hybridized carbons (Fsp3) is 0.386. The van der Waals surface area contributed by atoms with Crippen molar-refractivity contribution in [3.8, 4) is 11.8 Å². The number of amides is 2. The SMILES string of the molecule is COC(=O)CSc1cc(N=c2sc(=O)n3n2CCCC3)c(F)cc1Cl.COc1c(Cl)ccc(Cl)c1C(=O)O.COc1nc(C)nc(NC(=O)NS(=O)(=O)c2ccccc2CCC(F)(F)F)n1.C[S+](C)C.O=C(O)CNCP(=O)([O-])O. The van der Waals surface area contributed by atoms with Crippen LogP contribution in [0.1, 0.15) is 41.0 Å². The second-order valence-electron chi connectivity index (χ2n) is 15.9. The summed E-state index contributed by atoms with van der Waals surface area (Å²) in [5, 5.41) is 21.4. The van der Waals surface area contributed by atoms with E-state index in [1.165, 1.54) is 64.7 Å². The van der Waals surface area contributed by atoms with Gasteiger partial charge in [0.2, 0.25) is 10.7 Å². The topological polar surface area (TPSA) is 345 Å². The number of aliphatic carboxylic acids is 1. The molecule has 6 rings (SSSR count). The molecule has 442 valence electrons. The third-order valence-electron chi connectivity index (χ3n) is 9.05. The minimum absolute atomic E-state index is 0.0605. The number of nitrogens with one attached hydrogen (secondary N) is 3. The zero-order valence-electron chi connectivity index (χ0n) is 43.1. The molecule has 0 spiro atoms. The molecule has 0 saturated carbocycles. The Bertz CT molecular complexity index is 3240. The molecular weight excluding hydrogens is 1240 g/mol. The van der Waals surface area contributed by atoms with Crippen molar-refractivity contribution in [2.45, 2.75) is 61.7 Å². The highest BCUT2D eigenvalue weighted by Gasteiger charge is 2.29. The number of esters is 1. The molecule has 3 heterocycles. The lowest BCUT2D eigenvalue weighted by Crippen LogP contribution is -2.35. The van der Waals surface area contributed by atoms with E-state index in [1.807, 2.05) is 5.32 Å². The molecule has 3 aromatic carbocycles. The van der Waals surface area contributed by atoms with Crippen molar-refractivity contribution in [1.29, 1.82) is 0 Å². The van der Waals surface area contributed by atoms with Crippen LogP contribution in [-0.2, 0) is 59.3 Å². The number of halogens is 7. The number of carboxylic acids is 2. The second kappa shape index (κ2) is 33.4. The number of thioether (sulfide) groups is 1. The summed E-state index contributed by atoms with van der Waals surface area (Å²) in [5.41, 5.74) is -0.103. The summed E-state index contributed by atoms with van der Waals surface area (Å²) in [7, 11) is -4.22. The molecular formula is C44H53Cl3F4N9O15PS4. The highest BCUT2D eigenvalue weighted by molar-refractivity contribution is 8.00. The molecule has 6 N–H and O–H groups in total. The monoisotopic (exact) mass is 1290 g/mol. The van der Waals surface area contributed by atoms with E-state index in [1.54, 1.807) is 14.1 Å². The highest BCUT2D eigenvalue weighted by atomic mass is 35.5. The van der Waals surface area contributed by atoms with Crippen molar-refractivity contribution in [2.24, 2.45) is 4.99 Å². The van der Waals surface area contributed by atoms with Gasteiger partial charge in [-0.1, -0.05) is 53.0 Å². The Kier molecular flexibility index (Phi) is 29.5. The van der Waals surface area contributed by atoms with Crippen LogP contribution in [0.5, 0.6) is 11.8 Å². The maximum Gasteiger partial charge on any atom is 0.389 e. The van der Waals surface area contributed by atoms with Gasteiger partial charge in [-0.15, -0.1) is 11.8 Å². The largest absolute Gasteiger partial charge is 0.778 e. The summed E-state index contributed by atoms with van der Waals surface area (Å²) in [6, 6.07) is 9.35. The van der Waals surface area contributed by atoms with Crippen molar-refractivity contribution in [2.75, 3.05) is 64.0 Å². The lowest BCUT2D eigenvalue weighted by molar-refractivity contribution is -0.193. The smallest absolute Gasteiger partial charge is 0.389 e. The van der Waals surface area contributed by atoms with Crippen LogP contribution < -0.4 is 39.4 Å². The normalized spacial score (nSPS) is 12.7. The van der Waals surface area contributed by atoms with Crippen molar-refractivity contribution in [3.63, 3.8) is 0 Å². The van der Waals surface area contributed by atoms with Crippen LogP contribution in [0.2, 0.25) is 15.1 Å². The molecule has 0 fully saturated rings. The number of carboxylic acid groups (broad SMARTS) is 2. The number of urea groups is 1. The van der Waals surface area contributed by atoms with Crippen LogP contribution in [0.4, 0.5) is 34.0 Å². The predicted octanol–water partition coefficient (Wildman–Crippen LogP) is 6.35. The lowest BCUT2D eigenvalue weighted by atomic mass is 10.1. The number of carbonyl (C=O) groups excluding carboxylic acids is 2. The van der Waals surface area contributed by atoms with E-state index in [0.29, 0.717) is 33.7 Å². The van der Waals surface area contributed by atoms with Gasteiger partial charge in [-0.05, 0) is 84.3 Å². The number of aromatic nitrogens is 5. The van der Waals surface area contributed by atoms with Gasteiger partial charge in [0, 0.05) is 24.4 Å². The number of hydrogen-bond acceptors (Lipinski definition) is 19. The van der Waals surface area contributed by atoms with Crippen molar-refractivity contribution >= 4 is 122 Å². The summed E-state index contributed by atoms with van der Waals surface area (Å²) in [5.74, 6) is -3.22. The molecule has 24 nitrogen and oxygen atoms in total. The van der Waals surface area contributed by atoms with Gasteiger partial charge in [-0.25, -0.2) is 36.8 Å². The molecule has 1 unspecified atom stereocenters. The maximum absolute atomic E-state index is 14.3. The molecule has 2 amide bonds. The summed E-state index contributed by atoms with van der Waals surface area (Å²) in [4.78, 5) is 89.9. The van der Waals surface area contributed by atoms with Crippen LogP contribution in [0, 0.1) is 12.7 Å². The van der Waals surface area contributed by atoms with Crippen molar-refractivity contribution in [1.82, 2.24) is 34.4 Å². The second-order valence-corrected chi connectivity index (χ2v) is 24.7. The van der Waals surface area contributed by atoms with Crippen molar-refractivity contribution < 1.29 is 83.9 Å².